The number of aryl methyl sites for hydroxylation is 1. The first-order valence-corrected chi connectivity index (χ1v) is 6.36. The Morgan fingerprint density at radius 2 is 2.21 bits per heavy atom. The fourth-order valence-corrected chi connectivity index (χ4v) is 2.07. The summed E-state index contributed by atoms with van der Waals surface area (Å²) in [4.78, 5) is 8.03. The van der Waals surface area contributed by atoms with E-state index in [4.69, 9.17) is 0 Å². The summed E-state index contributed by atoms with van der Waals surface area (Å²) < 4.78 is 15.2. The van der Waals surface area contributed by atoms with Crippen LogP contribution in [0.25, 0.3) is 0 Å². The Balaban J connectivity index is 2.23. The van der Waals surface area contributed by atoms with Gasteiger partial charge in [-0.15, -0.1) is 0 Å². The number of rotatable bonds is 5. The monoisotopic (exact) mass is 263 g/mol. The number of pyridine rings is 1. The van der Waals surface area contributed by atoms with Gasteiger partial charge in [0.05, 0.1) is 11.8 Å². The molecule has 0 aromatic carbocycles. The molecule has 0 saturated carbocycles. The molecule has 1 atom stereocenters. The predicted octanol–water partition coefficient (Wildman–Crippen LogP) is 2.28. The third kappa shape index (κ3) is 3.17. The number of aliphatic hydroxyl groups is 1. The molecule has 0 aliphatic carbocycles. The maximum atomic E-state index is 13.2. The maximum Gasteiger partial charge on any atom is 0.141 e. The zero-order valence-electron chi connectivity index (χ0n) is 11.2. The zero-order valence-corrected chi connectivity index (χ0v) is 11.2. The number of hydrogen-bond donors (Lipinski definition) is 1. The fourth-order valence-electron chi connectivity index (χ4n) is 2.07. The Morgan fingerprint density at radius 3 is 2.89 bits per heavy atom. The van der Waals surface area contributed by atoms with Gasteiger partial charge < -0.3 is 9.67 Å². The first-order chi connectivity index (χ1) is 9.03. The van der Waals surface area contributed by atoms with E-state index in [2.05, 4.69) is 16.9 Å². The van der Waals surface area contributed by atoms with Gasteiger partial charge in [0.25, 0.3) is 0 Å². The van der Waals surface area contributed by atoms with Gasteiger partial charge in [0.2, 0.25) is 0 Å². The molecule has 2 heterocycles. The van der Waals surface area contributed by atoms with Crippen LogP contribution in [0.2, 0.25) is 0 Å². The Labute approximate surface area is 111 Å². The van der Waals surface area contributed by atoms with Gasteiger partial charge in [0.15, 0.2) is 0 Å². The SMILES string of the molecule is CCCn1ccnc1CC(C)(O)c1cncc(F)c1. The van der Waals surface area contributed by atoms with Gasteiger partial charge in [-0.3, -0.25) is 4.98 Å². The number of nitrogens with zero attached hydrogens (tertiary/aromatic N) is 3. The number of halogens is 1. The van der Waals surface area contributed by atoms with Gasteiger partial charge in [0.1, 0.15) is 11.6 Å². The van der Waals surface area contributed by atoms with Crippen LogP contribution in [0.3, 0.4) is 0 Å². The summed E-state index contributed by atoms with van der Waals surface area (Å²) in [5.74, 6) is 0.339. The topological polar surface area (TPSA) is 50.9 Å². The normalized spacial score (nSPS) is 14.3. The van der Waals surface area contributed by atoms with Crippen molar-refractivity contribution in [2.75, 3.05) is 0 Å². The molecule has 0 amide bonds. The second kappa shape index (κ2) is 5.48. The van der Waals surface area contributed by atoms with Crippen molar-refractivity contribution in [1.29, 1.82) is 0 Å². The zero-order chi connectivity index (χ0) is 13.9. The lowest BCUT2D eigenvalue weighted by Crippen LogP contribution is -2.26. The summed E-state index contributed by atoms with van der Waals surface area (Å²) in [6.45, 7) is 4.58. The average molecular weight is 263 g/mol. The Morgan fingerprint density at radius 1 is 1.42 bits per heavy atom. The number of imidazole rings is 1. The Hall–Kier alpha value is -1.75. The molecule has 19 heavy (non-hydrogen) atoms. The highest BCUT2D eigenvalue weighted by Gasteiger charge is 2.26. The summed E-state index contributed by atoms with van der Waals surface area (Å²) >= 11 is 0. The molecule has 0 aliphatic heterocycles. The first kappa shape index (κ1) is 13.7. The molecule has 2 aromatic rings. The molecule has 0 spiro atoms. The summed E-state index contributed by atoms with van der Waals surface area (Å²) in [7, 11) is 0. The molecular formula is C14H18FN3O. The molecule has 1 unspecified atom stereocenters. The summed E-state index contributed by atoms with van der Waals surface area (Å²) in [5, 5.41) is 10.5. The van der Waals surface area contributed by atoms with Crippen molar-refractivity contribution in [3.63, 3.8) is 0 Å². The number of hydrogen-bond acceptors (Lipinski definition) is 3. The molecule has 0 aliphatic rings. The average Bonchev–Trinajstić information content (AvgIpc) is 2.76. The molecule has 102 valence electrons. The van der Waals surface area contributed by atoms with E-state index in [1.54, 1.807) is 13.1 Å². The minimum atomic E-state index is -1.19. The van der Waals surface area contributed by atoms with Crippen LogP contribution in [-0.4, -0.2) is 19.6 Å². The Bertz CT molecular complexity index is 551. The summed E-state index contributed by atoms with van der Waals surface area (Å²) in [6, 6.07) is 1.31. The highest BCUT2D eigenvalue weighted by Crippen LogP contribution is 2.24. The lowest BCUT2D eigenvalue weighted by Gasteiger charge is -2.23. The van der Waals surface area contributed by atoms with Gasteiger partial charge in [-0.25, -0.2) is 9.37 Å². The predicted molar refractivity (Wildman–Crippen MR) is 70.0 cm³/mol. The molecule has 0 fully saturated rings. The van der Waals surface area contributed by atoms with Crippen molar-refractivity contribution in [1.82, 2.24) is 14.5 Å². The van der Waals surface area contributed by atoms with Crippen molar-refractivity contribution < 1.29 is 9.50 Å². The molecule has 0 bridgehead atoms. The van der Waals surface area contributed by atoms with Crippen molar-refractivity contribution in [2.45, 2.75) is 38.8 Å². The van der Waals surface area contributed by atoms with Crippen molar-refractivity contribution in [3.05, 3.63) is 48.1 Å². The molecule has 2 rings (SSSR count). The quantitative estimate of drug-likeness (QED) is 0.900. The van der Waals surface area contributed by atoms with Crippen LogP contribution < -0.4 is 0 Å². The van der Waals surface area contributed by atoms with Crippen LogP contribution in [0.1, 0.15) is 31.7 Å². The highest BCUT2D eigenvalue weighted by molar-refractivity contribution is 5.20. The molecule has 4 nitrogen and oxygen atoms in total. The highest BCUT2D eigenvalue weighted by atomic mass is 19.1. The van der Waals surface area contributed by atoms with Gasteiger partial charge in [-0.05, 0) is 19.4 Å². The van der Waals surface area contributed by atoms with Crippen LogP contribution in [0.5, 0.6) is 0 Å². The maximum absolute atomic E-state index is 13.2. The number of aromatic nitrogens is 3. The molecule has 0 saturated heterocycles. The van der Waals surface area contributed by atoms with E-state index in [1.807, 2.05) is 10.8 Å². The largest absolute Gasteiger partial charge is 0.385 e. The van der Waals surface area contributed by atoms with Crippen LogP contribution in [-0.2, 0) is 18.6 Å². The van der Waals surface area contributed by atoms with Crippen LogP contribution in [0, 0.1) is 5.82 Å². The van der Waals surface area contributed by atoms with E-state index in [1.165, 1.54) is 12.3 Å². The minimum Gasteiger partial charge on any atom is -0.385 e. The summed E-state index contributed by atoms with van der Waals surface area (Å²) in [5.41, 5.74) is -0.732. The van der Waals surface area contributed by atoms with Gasteiger partial charge in [0, 0.05) is 37.1 Å². The molecule has 0 radical (unpaired) electrons. The van der Waals surface area contributed by atoms with Gasteiger partial charge in [-0.2, -0.15) is 0 Å². The molecule has 2 aromatic heterocycles. The standard InChI is InChI=1S/C14H18FN3O/c1-3-5-18-6-4-17-13(18)8-14(2,19)11-7-12(15)10-16-9-11/h4,6-7,9-10,19H,3,5,8H2,1-2H3. The minimum absolute atomic E-state index is 0.325. The van der Waals surface area contributed by atoms with E-state index >= 15 is 0 Å². The van der Waals surface area contributed by atoms with E-state index < -0.39 is 11.4 Å². The van der Waals surface area contributed by atoms with Gasteiger partial charge >= 0.3 is 0 Å². The van der Waals surface area contributed by atoms with E-state index in [-0.39, 0.29) is 0 Å². The van der Waals surface area contributed by atoms with Crippen LogP contribution in [0.15, 0.2) is 30.9 Å². The lowest BCUT2D eigenvalue weighted by molar-refractivity contribution is 0.0538. The van der Waals surface area contributed by atoms with Crippen molar-refractivity contribution in [2.24, 2.45) is 0 Å². The Kier molecular flexibility index (Phi) is 3.95. The van der Waals surface area contributed by atoms with Gasteiger partial charge in [-0.1, -0.05) is 6.92 Å². The second-order valence-electron chi connectivity index (χ2n) is 4.88. The third-order valence-electron chi connectivity index (χ3n) is 3.10. The van der Waals surface area contributed by atoms with Crippen molar-refractivity contribution in [3.8, 4) is 0 Å². The smallest absolute Gasteiger partial charge is 0.141 e. The molecule has 1 N–H and O–H groups in total. The first-order valence-electron chi connectivity index (χ1n) is 6.36. The van der Waals surface area contributed by atoms with E-state index in [0.717, 1.165) is 25.0 Å². The van der Waals surface area contributed by atoms with Crippen molar-refractivity contribution >= 4 is 0 Å². The molecular weight excluding hydrogens is 245 g/mol. The second-order valence-corrected chi connectivity index (χ2v) is 4.88. The summed E-state index contributed by atoms with van der Waals surface area (Å²) in [6.07, 6.45) is 7.52. The van der Waals surface area contributed by atoms with Crippen LogP contribution >= 0.6 is 0 Å². The fraction of sp³-hybridized carbons (Fsp3) is 0.429. The van der Waals surface area contributed by atoms with Crippen LogP contribution in [0.4, 0.5) is 4.39 Å². The van der Waals surface area contributed by atoms with E-state index in [9.17, 15) is 9.50 Å². The van der Waals surface area contributed by atoms with E-state index in [0.29, 0.717) is 12.0 Å². The molecule has 5 heteroatoms. The lowest BCUT2D eigenvalue weighted by atomic mass is 9.93. The third-order valence-corrected chi connectivity index (χ3v) is 3.10.